The number of rotatable bonds is 10. The molecule has 0 atom stereocenters. The van der Waals surface area contributed by atoms with Crippen molar-refractivity contribution in [3.8, 4) is 0 Å². The second-order valence-electron chi connectivity index (χ2n) is 4.38. The normalized spacial score (nSPS) is 12.5. The van der Waals surface area contributed by atoms with Gasteiger partial charge in [0.1, 0.15) is 9.84 Å². The Morgan fingerprint density at radius 3 is 2.42 bits per heavy atom. The van der Waals surface area contributed by atoms with E-state index >= 15 is 0 Å². The minimum absolute atomic E-state index is 0.0665. The predicted octanol–water partition coefficient (Wildman–Crippen LogP) is 0.403. The topological polar surface area (TPSA) is 79.8 Å². The van der Waals surface area contributed by atoms with Crippen molar-refractivity contribution in [2.24, 2.45) is 4.99 Å². The second-order valence-corrected chi connectivity index (χ2v) is 6.63. The zero-order valence-corrected chi connectivity index (χ0v) is 13.1. The summed E-state index contributed by atoms with van der Waals surface area (Å²) in [5.41, 5.74) is 0. The van der Waals surface area contributed by atoms with Gasteiger partial charge in [-0.15, -0.1) is 0 Å². The van der Waals surface area contributed by atoms with E-state index in [4.69, 9.17) is 4.74 Å². The van der Waals surface area contributed by atoms with Crippen LogP contribution in [0, 0.1) is 0 Å². The molecule has 0 amide bonds. The highest BCUT2D eigenvalue weighted by atomic mass is 32.2. The number of hydrogen-bond acceptors (Lipinski definition) is 4. The first-order chi connectivity index (χ1) is 8.99. The van der Waals surface area contributed by atoms with Crippen molar-refractivity contribution >= 4 is 15.8 Å². The third-order valence-corrected chi connectivity index (χ3v) is 3.34. The fraction of sp³-hybridized carbons (Fsp3) is 0.917. The Morgan fingerprint density at radius 2 is 1.84 bits per heavy atom. The Kier molecular flexibility index (Phi) is 10.6. The van der Waals surface area contributed by atoms with Gasteiger partial charge >= 0.3 is 0 Å². The van der Waals surface area contributed by atoms with Crippen LogP contribution in [0.15, 0.2) is 4.99 Å². The molecule has 0 radical (unpaired) electrons. The van der Waals surface area contributed by atoms with Gasteiger partial charge < -0.3 is 15.4 Å². The number of sulfone groups is 1. The maximum atomic E-state index is 10.9. The van der Waals surface area contributed by atoms with Crippen LogP contribution in [0.4, 0.5) is 0 Å². The van der Waals surface area contributed by atoms with E-state index in [2.05, 4.69) is 22.5 Å². The molecule has 0 unspecified atom stereocenters. The SMILES string of the molecule is CCCCCNC(=NC)NCCOCCS(C)(=O)=O. The van der Waals surface area contributed by atoms with E-state index in [1.807, 2.05) is 0 Å². The van der Waals surface area contributed by atoms with Gasteiger partial charge in [0.25, 0.3) is 0 Å². The fourth-order valence-corrected chi connectivity index (χ4v) is 1.78. The summed E-state index contributed by atoms with van der Waals surface area (Å²) in [6, 6.07) is 0. The van der Waals surface area contributed by atoms with Crippen LogP contribution in [0.5, 0.6) is 0 Å². The van der Waals surface area contributed by atoms with Crippen LogP contribution >= 0.6 is 0 Å². The van der Waals surface area contributed by atoms with Crippen LogP contribution in [0.1, 0.15) is 26.2 Å². The Balaban J connectivity index is 3.52. The number of nitrogens with zero attached hydrogens (tertiary/aromatic N) is 1. The minimum atomic E-state index is -2.93. The van der Waals surface area contributed by atoms with Gasteiger partial charge in [0.2, 0.25) is 0 Å². The molecule has 2 N–H and O–H groups in total. The summed E-state index contributed by atoms with van der Waals surface area (Å²) in [6.45, 7) is 4.38. The van der Waals surface area contributed by atoms with E-state index in [0.29, 0.717) is 13.2 Å². The Bertz CT molecular complexity index is 342. The van der Waals surface area contributed by atoms with Crippen LogP contribution in [0.3, 0.4) is 0 Å². The molecule has 0 saturated carbocycles. The lowest BCUT2D eigenvalue weighted by molar-refractivity contribution is 0.154. The fourth-order valence-electron chi connectivity index (χ4n) is 1.36. The molecule has 0 fully saturated rings. The molecule has 0 bridgehead atoms. The number of ether oxygens (including phenoxy) is 1. The van der Waals surface area contributed by atoms with Crippen molar-refractivity contribution in [2.75, 3.05) is 45.4 Å². The van der Waals surface area contributed by atoms with E-state index in [9.17, 15) is 8.42 Å². The molecule has 19 heavy (non-hydrogen) atoms. The Morgan fingerprint density at radius 1 is 1.16 bits per heavy atom. The van der Waals surface area contributed by atoms with Crippen molar-refractivity contribution in [1.82, 2.24) is 10.6 Å². The largest absolute Gasteiger partial charge is 0.379 e. The van der Waals surface area contributed by atoms with E-state index in [0.717, 1.165) is 18.9 Å². The molecular weight excluding hydrogens is 266 g/mol. The van der Waals surface area contributed by atoms with Gasteiger partial charge in [0.15, 0.2) is 5.96 Å². The van der Waals surface area contributed by atoms with Crippen LogP contribution < -0.4 is 10.6 Å². The number of nitrogens with one attached hydrogen (secondary N) is 2. The van der Waals surface area contributed by atoms with E-state index < -0.39 is 9.84 Å². The zero-order chi connectivity index (χ0) is 14.6. The number of unbranched alkanes of at least 4 members (excludes halogenated alkanes) is 2. The lowest BCUT2D eigenvalue weighted by Gasteiger charge is -2.11. The molecule has 7 heteroatoms. The van der Waals surface area contributed by atoms with E-state index in [-0.39, 0.29) is 12.4 Å². The minimum Gasteiger partial charge on any atom is -0.379 e. The summed E-state index contributed by atoms with van der Waals surface area (Å²) >= 11 is 0. The molecular formula is C12H27N3O3S. The molecule has 114 valence electrons. The highest BCUT2D eigenvalue weighted by molar-refractivity contribution is 7.90. The lowest BCUT2D eigenvalue weighted by atomic mass is 10.2. The lowest BCUT2D eigenvalue weighted by Crippen LogP contribution is -2.39. The zero-order valence-electron chi connectivity index (χ0n) is 12.2. The summed E-state index contributed by atoms with van der Waals surface area (Å²) in [4.78, 5) is 4.09. The van der Waals surface area contributed by atoms with Crippen molar-refractivity contribution < 1.29 is 13.2 Å². The summed E-state index contributed by atoms with van der Waals surface area (Å²) in [7, 11) is -1.21. The molecule has 0 aromatic rings. The smallest absolute Gasteiger partial charge is 0.191 e. The molecule has 0 spiro atoms. The summed E-state index contributed by atoms with van der Waals surface area (Å²) in [5.74, 6) is 0.819. The highest BCUT2D eigenvalue weighted by Gasteiger charge is 2.01. The van der Waals surface area contributed by atoms with E-state index in [1.54, 1.807) is 7.05 Å². The third kappa shape index (κ3) is 13.4. The Labute approximate surface area is 116 Å². The average molecular weight is 293 g/mol. The van der Waals surface area contributed by atoms with Gasteiger partial charge in [-0.05, 0) is 6.42 Å². The molecule has 0 aromatic heterocycles. The third-order valence-electron chi connectivity index (χ3n) is 2.43. The maximum Gasteiger partial charge on any atom is 0.191 e. The summed E-state index contributed by atoms with van der Waals surface area (Å²) in [5, 5.41) is 6.32. The van der Waals surface area contributed by atoms with Gasteiger partial charge in [-0.1, -0.05) is 19.8 Å². The predicted molar refractivity (Wildman–Crippen MR) is 79.4 cm³/mol. The standard InChI is InChI=1S/C12H27N3O3S/c1-4-5-6-7-14-12(13-2)15-8-9-18-10-11-19(3,16)17/h4-11H2,1-3H3,(H2,13,14,15). The second kappa shape index (κ2) is 11.0. The van der Waals surface area contributed by atoms with Gasteiger partial charge in [-0.3, -0.25) is 4.99 Å². The molecule has 0 saturated heterocycles. The van der Waals surface area contributed by atoms with Gasteiger partial charge in [0, 0.05) is 26.4 Å². The molecule has 0 rings (SSSR count). The first-order valence-electron chi connectivity index (χ1n) is 6.69. The molecule has 0 aliphatic rings. The Hall–Kier alpha value is -0.820. The quantitative estimate of drug-likeness (QED) is 0.346. The molecule has 0 aliphatic carbocycles. The molecule has 0 heterocycles. The molecule has 6 nitrogen and oxygen atoms in total. The van der Waals surface area contributed by atoms with Gasteiger partial charge in [-0.25, -0.2) is 8.42 Å². The van der Waals surface area contributed by atoms with Gasteiger partial charge in [-0.2, -0.15) is 0 Å². The first-order valence-corrected chi connectivity index (χ1v) is 8.75. The highest BCUT2D eigenvalue weighted by Crippen LogP contribution is 1.90. The van der Waals surface area contributed by atoms with Crippen molar-refractivity contribution in [2.45, 2.75) is 26.2 Å². The number of guanidine groups is 1. The molecule has 0 aliphatic heterocycles. The number of aliphatic imine (C=N–C) groups is 1. The van der Waals surface area contributed by atoms with Crippen LogP contribution in [0.25, 0.3) is 0 Å². The maximum absolute atomic E-state index is 10.9. The van der Waals surface area contributed by atoms with Crippen molar-refractivity contribution in [3.05, 3.63) is 0 Å². The van der Waals surface area contributed by atoms with Crippen LogP contribution in [0.2, 0.25) is 0 Å². The average Bonchev–Trinajstić information content (AvgIpc) is 2.34. The summed E-state index contributed by atoms with van der Waals surface area (Å²) < 4.78 is 27.0. The van der Waals surface area contributed by atoms with Crippen molar-refractivity contribution in [3.63, 3.8) is 0 Å². The van der Waals surface area contributed by atoms with Crippen LogP contribution in [-0.4, -0.2) is 59.7 Å². The van der Waals surface area contributed by atoms with Gasteiger partial charge in [0.05, 0.1) is 19.0 Å². The number of hydrogen-bond donors (Lipinski definition) is 2. The monoisotopic (exact) mass is 293 g/mol. The van der Waals surface area contributed by atoms with Crippen LogP contribution in [-0.2, 0) is 14.6 Å². The van der Waals surface area contributed by atoms with E-state index in [1.165, 1.54) is 19.1 Å². The summed E-state index contributed by atoms with van der Waals surface area (Å²) in [6.07, 6.45) is 4.74. The first kappa shape index (κ1) is 18.2. The molecule has 0 aromatic carbocycles. The van der Waals surface area contributed by atoms with Crippen molar-refractivity contribution in [1.29, 1.82) is 0 Å².